The van der Waals surface area contributed by atoms with Crippen LogP contribution in [0.15, 0.2) is 24.3 Å². The van der Waals surface area contributed by atoms with E-state index in [1.165, 1.54) is 0 Å². The van der Waals surface area contributed by atoms with Gasteiger partial charge in [0.1, 0.15) is 5.54 Å². The molecular weight excluding hydrogens is 260 g/mol. The summed E-state index contributed by atoms with van der Waals surface area (Å²) in [6.45, 7) is 0. The highest BCUT2D eigenvalue weighted by Gasteiger charge is 2.57. The molecule has 3 atom stereocenters. The second kappa shape index (κ2) is 5.13. The standard InChI is InChI=1S/C14H18N2O4/c15-9-3-1-2-8(6-9)4-5-14(16,13(19)20)11-7-10(11)12(17)18/h1-3,6,10-11H,4-5,7,15-16H2,(H,17,18)(H,19,20)/t10-,11?,14+/m0/s1. The molecule has 0 heterocycles. The number of aryl methyl sites for hydroxylation is 1. The van der Waals surface area contributed by atoms with Crippen LogP contribution in [0.2, 0.25) is 0 Å². The molecule has 6 heteroatoms. The van der Waals surface area contributed by atoms with E-state index in [2.05, 4.69) is 0 Å². The molecule has 1 unspecified atom stereocenters. The molecule has 0 bridgehead atoms. The van der Waals surface area contributed by atoms with Crippen LogP contribution in [0.3, 0.4) is 0 Å². The summed E-state index contributed by atoms with van der Waals surface area (Å²) in [4.78, 5) is 22.3. The van der Waals surface area contributed by atoms with Gasteiger partial charge in [-0.05, 0) is 37.0 Å². The second-order valence-electron chi connectivity index (χ2n) is 5.38. The number of rotatable bonds is 6. The number of carboxylic acid groups (broad SMARTS) is 2. The maximum Gasteiger partial charge on any atom is 0.324 e. The van der Waals surface area contributed by atoms with Crippen molar-refractivity contribution < 1.29 is 19.8 Å². The van der Waals surface area contributed by atoms with Gasteiger partial charge in [-0.1, -0.05) is 12.1 Å². The summed E-state index contributed by atoms with van der Waals surface area (Å²) in [6.07, 6.45) is 0.978. The molecule has 0 aromatic heterocycles. The number of hydrogen-bond donors (Lipinski definition) is 4. The number of nitrogen functional groups attached to an aromatic ring is 1. The van der Waals surface area contributed by atoms with Gasteiger partial charge in [-0.25, -0.2) is 0 Å². The fourth-order valence-corrected chi connectivity index (χ4v) is 2.59. The highest BCUT2D eigenvalue weighted by atomic mass is 16.4. The van der Waals surface area contributed by atoms with Gasteiger partial charge in [-0.3, -0.25) is 9.59 Å². The third-order valence-corrected chi connectivity index (χ3v) is 3.95. The fourth-order valence-electron chi connectivity index (χ4n) is 2.59. The first-order valence-electron chi connectivity index (χ1n) is 6.44. The Bertz CT molecular complexity index is 546. The van der Waals surface area contributed by atoms with Crippen LogP contribution >= 0.6 is 0 Å². The predicted octanol–water partition coefficient (Wildman–Crippen LogP) is 0.704. The molecule has 1 aliphatic rings. The van der Waals surface area contributed by atoms with Crippen molar-refractivity contribution in [3.8, 4) is 0 Å². The molecular formula is C14H18N2O4. The normalized spacial score (nSPS) is 23.9. The van der Waals surface area contributed by atoms with Gasteiger partial charge < -0.3 is 21.7 Å². The van der Waals surface area contributed by atoms with E-state index in [0.29, 0.717) is 18.5 Å². The molecule has 0 saturated heterocycles. The lowest BCUT2D eigenvalue weighted by molar-refractivity contribution is -0.145. The van der Waals surface area contributed by atoms with Crippen LogP contribution in [0, 0.1) is 11.8 Å². The summed E-state index contributed by atoms with van der Waals surface area (Å²) in [6, 6.07) is 7.16. The van der Waals surface area contributed by atoms with E-state index in [1.54, 1.807) is 18.2 Å². The third-order valence-electron chi connectivity index (χ3n) is 3.95. The van der Waals surface area contributed by atoms with Gasteiger partial charge in [0.2, 0.25) is 0 Å². The zero-order chi connectivity index (χ0) is 14.9. The van der Waals surface area contributed by atoms with Gasteiger partial charge in [-0.2, -0.15) is 0 Å². The van der Waals surface area contributed by atoms with E-state index in [1.807, 2.05) is 6.07 Å². The Morgan fingerprint density at radius 2 is 2.05 bits per heavy atom. The molecule has 0 aliphatic heterocycles. The van der Waals surface area contributed by atoms with Gasteiger partial charge in [0.25, 0.3) is 0 Å². The van der Waals surface area contributed by atoms with Gasteiger partial charge in [0.15, 0.2) is 0 Å². The number of aliphatic carboxylic acids is 2. The van der Waals surface area contributed by atoms with Crippen LogP contribution in [0.1, 0.15) is 18.4 Å². The number of nitrogens with two attached hydrogens (primary N) is 2. The van der Waals surface area contributed by atoms with Crippen molar-refractivity contribution in [2.75, 3.05) is 5.73 Å². The number of hydrogen-bond acceptors (Lipinski definition) is 4. The van der Waals surface area contributed by atoms with Crippen molar-refractivity contribution >= 4 is 17.6 Å². The lowest BCUT2D eigenvalue weighted by Gasteiger charge is -2.25. The summed E-state index contributed by atoms with van der Waals surface area (Å²) in [5.41, 5.74) is 11.6. The Morgan fingerprint density at radius 1 is 1.35 bits per heavy atom. The van der Waals surface area contributed by atoms with Gasteiger partial charge in [0, 0.05) is 11.6 Å². The summed E-state index contributed by atoms with van der Waals surface area (Å²) in [7, 11) is 0. The summed E-state index contributed by atoms with van der Waals surface area (Å²) >= 11 is 0. The molecule has 0 amide bonds. The van der Waals surface area contributed by atoms with Crippen LogP contribution in [0.5, 0.6) is 0 Å². The van der Waals surface area contributed by atoms with E-state index >= 15 is 0 Å². The highest BCUT2D eigenvalue weighted by Crippen LogP contribution is 2.47. The number of anilines is 1. The topological polar surface area (TPSA) is 127 Å². The largest absolute Gasteiger partial charge is 0.481 e. The Hall–Kier alpha value is -2.08. The molecule has 1 fully saturated rings. The monoisotopic (exact) mass is 278 g/mol. The fraction of sp³-hybridized carbons (Fsp3) is 0.429. The predicted molar refractivity (Wildman–Crippen MR) is 73.0 cm³/mol. The van der Waals surface area contributed by atoms with Crippen molar-refractivity contribution in [3.05, 3.63) is 29.8 Å². The maximum atomic E-state index is 11.4. The van der Waals surface area contributed by atoms with Crippen molar-refractivity contribution in [2.45, 2.75) is 24.8 Å². The van der Waals surface area contributed by atoms with Crippen molar-refractivity contribution in [1.29, 1.82) is 0 Å². The van der Waals surface area contributed by atoms with E-state index in [4.69, 9.17) is 16.6 Å². The molecule has 0 spiro atoms. The molecule has 6 nitrogen and oxygen atoms in total. The SMILES string of the molecule is Nc1cccc(CC[C@](N)(C(=O)O)C2C[C@@H]2C(=O)O)c1. The molecule has 0 radical (unpaired) electrons. The van der Waals surface area contributed by atoms with Crippen LogP contribution in [-0.2, 0) is 16.0 Å². The molecule has 1 aliphatic carbocycles. The van der Waals surface area contributed by atoms with E-state index in [-0.39, 0.29) is 6.42 Å². The summed E-state index contributed by atoms with van der Waals surface area (Å²) in [5, 5.41) is 18.3. The van der Waals surface area contributed by atoms with Gasteiger partial charge >= 0.3 is 11.9 Å². The molecule has 6 N–H and O–H groups in total. The Balaban J connectivity index is 2.07. The molecule has 1 aromatic rings. The van der Waals surface area contributed by atoms with E-state index < -0.39 is 29.3 Å². The Kier molecular flexibility index (Phi) is 3.67. The van der Waals surface area contributed by atoms with Crippen LogP contribution in [0.4, 0.5) is 5.69 Å². The second-order valence-corrected chi connectivity index (χ2v) is 5.38. The molecule has 20 heavy (non-hydrogen) atoms. The van der Waals surface area contributed by atoms with Crippen LogP contribution < -0.4 is 11.5 Å². The zero-order valence-corrected chi connectivity index (χ0v) is 11.0. The van der Waals surface area contributed by atoms with Crippen molar-refractivity contribution in [3.63, 3.8) is 0 Å². The first-order valence-corrected chi connectivity index (χ1v) is 6.44. The molecule has 1 saturated carbocycles. The molecule has 1 aromatic carbocycles. The average Bonchev–Trinajstić information content (AvgIpc) is 3.16. The third kappa shape index (κ3) is 2.75. The number of benzene rings is 1. The van der Waals surface area contributed by atoms with Crippen LogP contribution in [-0.4, -0.2) is 27.7 Å². The minimum absolute atomic E-state index is 0.195. The van der Waals surface area contributed by atoms with Gasteiger partial charge in [-0.15, -0.1) is 0 Å². The molecule has 108 valence electrons. The number of carbonyl (C=O) groups is 2. The lowest BCUT2D eigenvalue weighted by atomic mass is 9.86. The average molecular weight is 278 g/mol. The van der Waals surface area contributed by atoms with Crippen molar-refractivity contribution in [2.24, 2.45) is 17.6 Å². The van der Waals surface area contributed by atoms with Crippen LogP contribution in [0.25, 0.3) is 0 Å². The Morgan fingerprint density at radius 3 is 2.55 bits per heavy atom. The van der Waals surface area contributed by atoms with Crippen molar-refractivity contribution in [1.82, 2.24) is 0 Å². The quantitative estimate of drug-likeness (QED) is 0.567. The zero-order valence-electron chi connectivity index (χ0n) is 11.0. The van der Waals surface area contributed by atoms with E-state index in [0.717, 1.165) is 5.56 Å². The Labute approximate surface area is 116 Å². The first-order chi connectivity index (χ1) is 9.34. The highest BCUT2D eigenvalue weighted by molar-refractivity contribution is 5.83. The minimum atomic E-state index is -1.49. The van der Waals surface area contributed by atoms with Gasteiger partial charge in [0.05, 0.1) is 5.92 Å². The van der Waals surface area contributed by atoms with E-state index in [9.17, 15) is 14.7 Å². The first kappa shape index (κ1) is 14.3. The number of carboxylic acids is 2. The lowest BCUT2D eigenvalue weighted by Crippen LogP contribution is -2.51. The summed E-state index contributed by atoms with van der Waals surface area (Å²) in [5.74, 6) is -3.26. The maximum absolute atomic E-state index is 11.4. The molecule has 2 rings (SSSR count). The minimum Gasteiger partial charge on any atom is -0.481 e. The summed E-state index contributed by atoms with van der Waals surface area (Å²) < 4.78 is 0. The smallest absolute Gasteiger partial charge is 0.324 e.